The van der Waals surface area contributed by atoms with Crippen molar-refractivity contribution >= 4 is 0 Å². The summed E-state index contributed by atoms with van der Waals surface area (Å²) in [4.78, 5) is 0. The number of aliphatic hydroxyl groups excluding tert-OH is 1. The number of fused-ring (bicyclic) bond motifs is 1. The first kappa shape index (κ1) is 7.49. The molecule has 2 fully saturated rings. The maximum Gasteiger partial charge on any atom is 0.115 e. The molecule has 0 aromatic heterocycles. The third kappa shape index (κ3) is 1.06. The zero-order valence-electron chi connectivity index (χ0n) is 6.40. The van der Waals surface area contributed by atoms with Crippen molar-refractivity contribution in [2.45, 2.75) is 24.4 Å². The molecule has 4 nitrogen and oxygen atoms in total. The Morgan fingerprint density at radius 3 is 2.73 bits per heavy atom. The molecule has 2 aliphatic heterocycles. The largest absolute Gasteiger partial charge is 0.388 e. The highest BCUT2D eigenvalue weighted by Gasteiger charge is 2.47. The fraction of sp³-hybridized carbons (Fsp3) is 1.00. The second-order valence-electron chi connectivity index (χ2n) is 2.94. The lowest BCUT2D eigenvalue weighted by molar-refractivity contribution is -0.0168. The van der Waals surface area contributed by atoms with E-state index >= 15 is 0 Å². The van der Waals surface area contributed by atoms with Gasteiger partial charge in [0.1, 0.15) is 24.4 Å². The van der Waals surface area contributed by atoms with E-state index in [1.165, 1.54) is 0 Å². The fourth-order valence-electron chi connectivity index (χ4n) is 1.65. The maximum atomic E-state index is 9.31. The van der Waals surface area contributed by atoms with Crippen molar-refractivity contribution < 1.29 is 19.3 Å². The first-order valence-corrected chi connectivity index (χ1v) is 3.77. The van der Waals surface area contributed by atoms with Crippen LogP contribution in [0.25, 0.3) is 0 Å². The summed E-state index contributed by atoms with van der Waals surface area (Å²) in [5.41, 5.74) is 0. The predicted molar refractivity (Wildman–Crippen MR) is 36.3 cm³/mol. The van der Waals surface area contributed by atoms with E-state index < -0.39 is 6.10 Å². The lowest BCUT2D eigenvalue weighted by Gasteiger charge is -2.12. The molecule has 2 rings (SSSR count). The van der Waals surface area contributed by atoms with Crippen LogP contribution in [0.2, 0.25) is 0 Å². The summed E-state index contributed by atoms with van der Waals surface area (Å²) in [7, 11) is 1.63. The molecule has 0 radical (unpaired) electrons. The highest BCUT2D eigenvalue weighted by molar-refractivity contribution is 4.94. The van der Waals surface area contributed by atoms with Crippen LogP contribution in [-0.2, 0) is 14.2 Å². The molecule has 0 amide bonds. The van der Waals surface area contributed by atoms with Crippen molar-refractivity contribution in [3.8, 4) is 0 Å². The summed E-state index contributed by atoms with van der Waals surface area (Å²) < 4.78 is 15.7. The number of aliphatic hydroxyl groups is 1. The van der Waals surface area contributed by atoms with Gasteiger partial charge < -0.3 is 19.3 Å². The Labute approximate surface area is 65.1 Å². The lowest BCUT2D eigenvalue weighted by Crippen LogP contribution is -2.32. The van der Waals surface area contributed by atoms with Gasteiger partial charge in [0.15, 0.2) is 0 Å². The Kier molecular flexibility index (Phi) is 1.85. The van der Waals surface area contributed by atoms with E-state index in [-0.39, 0.29) is 18.3 Å². The van der Waals surface area contributed by atoms with Crippen molar-refractivity contribution in [1.29, 1.82) is 0 Å². The van der Waals surface area contributed by atoms with Crippen LogP contribution in [0.1, 0.15) is 0 Å². The van der Waals surface area contributed by atoms with Crippen LogP contribution in [0.15, 0.2) is 0 Å². The van der Waals surface area contributed by atoms with Crippen LogP contribution in [0, 0.1) is 0 Å². The topological polar surface area (TPSA) is 47.9 Å². The van der Waals surface area contributed by atoms with Crippen LogP contribution in [-0.4, -0.2) is 49.8 Å². The zero-order chi connectivity index (χ0) is 7.84. The van der Waals surface area contributed by atoms with Crippen LogP contribution < -0.4 is 0 Å². The van der Waals surface area contributed by atoms with Crippen LogP contribution >= 0.6 is 0 Å². The smallest absolute Gasteiger partial charge is 0.115 e. The van der Waals surface area contributed by atoms with Crippen molar-refractivity contribution in [2.24, 2.45) is 0 Å². The number of rotatable bonds is 1. The van der Waals surface area contributed by atoms with E-state index in [2.05, 4.69) is 0 Å². The quantitative estimate of drug-likeness (QED) is 0.543. The Balaban J connectivity index is 2.04. The second-order valence-corrected chi connectivity index (χ2v) is 2.94. The average molecular weight is 160 g/mol. The van der Waals surface area contributed by atoms with E-state index in [4.69, 9.17) is 14.2 Å². The Hall–Kier alpha value is -0.160. The highest BCUT2D eigenvalue weighted by Crippen LogP contribution is 2.28. The van der Waals surface area contributed by atoms with Gasteiger partial charge in [0, 0.05) is 7.11 Å². The SMILES string of the molecule is COC1COC2C1OC[C@@H]2O. The molecule has 4 heteroatoms. The summed E-state index contributed by atoms with van der Waals surface area (Å²) in [5, 5.41) is 9.31. The molecule has 0 saturated carbocycles. The standard InChI is InChI=1S/C7H12O4/c1-9-5-3-11-6-4(8)2-10-7(5)6/h4-8H,2-3H2,1H3/t4-,5?,6?,7?/m0/s1. The van der Waals surface area contributed by atoms with Crippen LogP contribution in [0.3, 0.4) is 0 Å². The van der Waals surface area contributed by atoms with Crippen molar-refractivity contribution in [2.75, 3.05) is 20.3 Å². The van der Waals surface area contributed by atoms with E-state index in [1.807, 2.05) is 0 Å². The zero-order valence-corrected chi connectivity index (χ0v) is 6.40. The molecule has 2 saturated heterocycles. The van der Waals surface area contributed by atoms with Gasteiger partial charge in [-0.15, -0.1) is 0 Å². The number of hydrogen-bond acceptors (Lipinski definition) is 4. The minimum atomic E-state index is -0.472. The van der Waals surface area contributed by atoms with E-state index in [9.17, 15) is 5.11 Å². The summed E-state index contributed by atoms with van der Waals surface area (Å²) >= 11 is 0. The van der Waals surface area contributed by atoms with Crippen molar-refractivity contribution in [3.63, 3.8) is 0 Å². The van der Waals surface area contributed by atoms with Gasteiger partial charge in [-0.2, -0.15) is 0 Å². The van der Waals surface area contributed by atoms with Crippen LogP contribution in [0.4, 0.5) is 0 Å². The van der Waals surface area contributed by atoms with Gasteiger partial charge in [0.2, 0.25) is 0 Å². The molecule has 64 valence electrons. The first-order chi connectivity index (χ1) is 5.33. The van der Waals surface area contributed by atoms with Gasteiger partial charge in [-0.3, -0.25) is 0 Å². The van der Waals surface area contributed by atoms with E-state index in [1.54, 1.807) is 7.11 Å². The molecule has 0 aromatic carbocycles. The molecule has 2 heterocycles. The third-order valence-electron chi connectivity index (χ3n) is 2.28. The van der Waals surface area contributed by atoms with Crippen molar-refractivity contribution in [1.82, 2.24) is 0 Å². The minimum absolute atomic E-state index is 0.00264. The molecule has 0 bridgehead atoms. The van der Waals surface area contributed by atoms with Crippen LogP contribution in [0.5, 0.6) is 0 Å². The number of hydrogen-bond donors (Lipinski definition) is 1. The van der Waals surface area contributed by atoms with Gasteiger partial charge >= 0.3 is 0 Å². The molecule has 2 aliphatic rings. The Morgan fingerprint density at radius 2 is 2.00 bits per heavy atom. The molecule has 0 aromatic rings. The average Bonchev–Trinajstić information content (AvgIpc) is 2.53. The predicted octanol–water partition coefficient (Wildman–Crippen LogP) is -0.840. The normalized spacial score (nSPS) is 49.6. The molecule has 1 N–H and O–H groups in total. The first-order valence-electron chi connectivity index (χ1n) is 3.77. The van der Waals surface area contributed by atoms with E-state index in [0.29, 0.717) is 13.2 Å². The molecular weight excluding hydrogens is 148 g/mol. The maximum absolute atomic E-state index is 9.31. The van der Waals surface area contributed by atoms with Crippen molar-refractivity contribution in [3.05, 3.63) is 0 Å². The second kappa shape index (κ2) is 2.71. The third-order valence-corrected chi connectivity index (χ3v) is 2.28. The molecular formula is C7H12O4. The van der Waals surface area contributed by atoms with E-state index in [0.717, 1.165) is 0 Å². The molecule has 11 heavy (non-hydrogen) atoms. The van der Waals surface area contributed by atoms with Gasteiger partial charge in [-0.1, -0.05) is 0 Å². The lowest BCUT2D eigenvalue weighted by atomic mass is 10.1. The summed E-state index contributed by atoms with van der Waals surface area (Å²) in [6.45, 7) is 0.901. The molecule has 0 aliphatic carbocycles. The van der Waals surface area contributed by atoms with Gasteiger partial charge in [-0.25, -0.2) is 0 Å². The summed E-state index contributed by atoms with van der Waals surface area (Å²) in [5.74, 6) is 0. The summed E-state index contributed by atoms with van der Waals surface area (Å²) in [6, 6.07) is 0. The highest BCUT2D eigenvalue weighted by atomic mass is 16.6. The molecule has 4 atom stereocenters. The van der Waals surface area contributed by atoms with Gasteiger partial charge in [0.25, 0.3) is 0 Å². The molecule has 3 unspecified atom stereocenters. The summed E-state index contributed by atoms with van der Waals surface area (Å²) in [6.07, 6.45) is -0.702. The number of ether oxygens (including phenoxy) is 3. The Morgan fingerprint density at radius 1 is 1.27 bits per heavy atom. The number of methoxy groups -OCH3 is 1. The monoisotopic (exact) mass is 160 g/mol. The molecule has 0 spiro atoms. The fourth-order valence-corrected chi connectivity index (χ4v) is 1.65. The Bertz CT molecular complexity index is 149. The minimum Gasteiger partial charge on any atom is -0.388 e. The van der Waals surface area contributed by atoms with Gasteiger partial charge in [0.05, 0.1) is 13.2 Å². The van der Waals surface area contributed by atoms with Gasteiger partial charge in [-0.05, 0) is 0 Å².